The number of amides is 1. The van der Waals surface area contributed by atoms with Crippen LogP contribution >= 0.6 is 0 Å². The number of carbonyl (C=O) groups excluding carboxylic acids is 2. The predicted octanol–water partition coefficient (Wildman–Crippen LogP) is 2.29. The first-order valence-electron chi connectivity index (χ1n) is 7.67. The van der Waals surface area contributed by atoms with E-state index in [0.29, 0.717) is 24.9 Å². The molecule has 5 heteroatoms. The quantitative estimate of drug-likeness (QED) is 0.818. The fourth-order valence-electron chi connectivity index (χ4n) is 2.76. The van der Waals surface area contributed by atoms with Crippen LogP contribution in [0.1, 0.15) is 48.5 Å². The molecule has 0 radical (unpaired) electrons. The number of carbonyl (C=O) groups is 3. The number of ketones is 1. The summed E-state index contributed by atoms with van der Waals surface area (Å²) in [6.07, 6.45) is 2.30. The Bertz CT molecular complexity index is 565. The molecule has 0 aliphatic carbocycles. The highest BCUT2D eigenvalue weighted by Crippen LogP contribution is 2.19. The lowest BCUT2D eigenvalue weighted by Crippen LogP contribution is -2.40. The van der Waals surface area contributed by atoms with Gasteiger partial charge in [-0.3, -0.25) is 9.59 Å². The van der Waals surface area contributed by atoms with Crippen LogP contribution in [0.4, 0.5) is 0 Å². The van der Waals surface area contributed by atoms with Crippen molar-refractivity contribution in [2.75, 3.05) is 6.54 Å². The van der Waals surface area contributed by atoms with E-state index in [0.717, 1.165) is 12.0 Å². The molecule has 1 unspecified atom stereocenters. The number of hydrogen-bond acceptors (Lipinski definition) is 3. The van der Waals surface area contributed by atoms with Gasteiger partial charge in [-0.1, -0.05) is 31.2 Å². The van der Waals surface area contributed by atoms with E-state index in [-0.39, 0.29) is 24.5 Å². The Morgan fingerprint density at radius 3 is 2.45 bits per heavy atom. The molecule has 1 aliphatic rings. The van der Waals surface area contributed by atoms with Gasteiger partial charge in [-0.25, -0.2) is 4.79 Å². The molecule has 1 atom stereocenters. The second kappa shape index (κ2) is 7.20. The van der Waals surface area contributed by atoms with Crippen molar-refractivity contribution >= 4 is 17.7 Å². The first-order chi connectivity index (χ1) is 10.5. The molecular formula is C17H21NO4. The lowest BCUT2D eigenvalue weighted by atomic mass is 10.0. The summed E-state index contributed by atoms with van der Waals surface area (Å²) in [6.45, 7) is 2.51. The second-order valence-corrected chi connectivity index (χ2v) is 5.56. The summed E-state index contributed by atoms with van der Waals surface area (Å²) < 4.78 is 0. The number of nitrogens with zero attached hydrogens (tertiary/aromatic N) is 1. The molecule has 0 saturated carbocycles. The number of benzene rings is 1. The van der Waals surface area contributed by atoms with Crippen molar-refractivity contribution in [3.63, 3.8) is 0 Å². The van der Waals surface area contributed by atoms with Crippen LogP contribution < -0.4 is 0 Å². The summed E-state index contributed by atoms with van der Waals surface area (Å²) in [5.74, 6) is -1.29. The van der Waals surface area contributed by atoms with Crippen LogP contribution in [0.3, 0.4) is 0 Å². The number of carboxylic acid groups (broad SMARTS) is 1. The van der Waals surface area contributed by atoms with Crippen LogP contribution in [0.5, 0.6) is 0 Å². The zero-order valence-corrected chi connectivity index (χ0v) is 12.7. The number of rotatable bonds is 6. The third kappa shape index (κ3) is 3.72. The average molecular weight is 303 g/mol. The molecule has 1 fully saturated rings. The fourth-order valence-corrected chi connectivity index (χ4v) is 2.76. The smallest absolute Gasteiger partial charge is 0.326 e. The minimum Gasteiger partial charge on any atom is -0.480 e. The van der Waals surface area contributed by atoms with E-state index in [1.807, 2.05) is 19.1 Å². The summed E-state index contributed by atoms with van der Waals surface area (Å²) >= 11 is 0. The molecule has 1 amide bonds. The van der Waals surface area contributed by atoms with Crippen LogP contribution in [0, 0.1) is 0 Å². The molecule has 1 aliphatic heterocycles. The first-order valence-corrected chi connectivity index (χ1v) is 7.67. The number of Topliss-reactive ketones (excluding diaryl/α,β-unsaturated/α-hetero) is 1. The molecule has 22 heavy (non-hydrogen) atoms. The maximum atomic E-state index is 12.1. The third-order valence-corrected chi connectivity index (χ3v) is 4.11. The van der Waals surface area contributed by atoms with Gasteiger partial charge in [-0.2, -0.15) is 0 Å². The Morgan fingerprint density at radius 1 is 1.18 bits per heavy atom. The Kier molecular flexibility index (Phi) is 5.31. The van der Waals surface area contributed by atoms with Gasteiger partial charge < -0.3 is 10.0 Å². The van der Waals surface area contributed by atoms with Gasteiger partial charge in [0.25, 0.3) is 0 Å². The minimum absolute atomic E-state index is 0.0676. The molecule has 0 bridgehead atoms. The molecular weight excluding hydrogens is 282 g/mol. The summed E-state index contributed by atoms with van der Waals surface area (Å²) in [5, 5.41) is 9.08. The molecule has 1 heterocycles. The molecule has 2 rings (SSSR count). The molecule has 1 N–H and O–H groups in total. The first kappa shape index (κ1) is 16.2. The Hall–Kier alpha value is -2.17. The van der Waals surface area contributed by atoms with Gasteiger partial charge in [0.1, 0.15) is 6.04 Å². The SMILES string of the molecule is CCc1ccc(C(=O)CCC(=O)N2CCCC2C(=O)O)cc1. The van der Waals surface area contributed by atoms with Crippen molar-refractivity contribution < 1.29 is 19.5 Å². The fraction of sp³-hybridized carbons (Fsp3) is 0.471. The number of aliphatic carboxylic acids is 1. The lowest BCUT2D eigenvalue weighted by molar-refractivity contribution is -0.148. The molecule has 5 nitrogen and oxygen atoms in total. The molecule has 1 saturated heterocycles. The van der Waals surface area contributed by atoms with Gasteiger partial charge in [-0.05, 0) is 24.8 Å². The van der Waals surface area contributed by atoms with Gasteiger partial charge in [0.05, 0.1) is 0 Å². The van der Waals surface area contributed by atoms with E-state index in [1.165, 1.54) is 4.90 Å². The van der Waals surface area contributed by atoms with Gasteiger partial charge >= 0.3 is 5.97 Å². The monoisotopic (exact) mass is 303 g/mol. The van der Waals surface area contributed by atoms with Crippen LogP contribution in [0.25, 0.3) is 0 Å². The number of hydrogen-bond donors (Lipinski definition) is 1. The Balaban J connectivity index is 1.90. The summed E-state index contributed by atoms with van der Waals surface area (Å²) in [7, 11) is 0. The predicted molar refractivity (Wildman–Crippen MR) is 81.8 cm³/mol. The maximum absolute atomic E-state index is 12.1. The lowest BCUT2D eigenvalue weighted by Gasteiger charge is -2.21. The highest BCUT2D eigenvalue weighted by atomic mass is 16.4. The van der Waals surface area contributed by atoms with Crippen molar-refractivity contribution in [3.8, 4) is 0 Å². The second-order valence-electron chi connectivity index (χ2n) is 5.56. The van der Waals surface area contributed by atoms with Gasteiger partial charge in [0, 0.05) is 24.9 Å². The molecule has 118 valence electrons. The molecule has 1 aromatic rings. The van der Waals surface area contributed by atoms with E-state index >= 15 is 0 Å². The average Bonchev–Trinajstić information content (AvgIpc) is 3.02. The highest BCUT2D eigenvalue weighted by Gasteiger charge is 2.33. The van der Waals surface area contributed by atoms with Gasteiger partial charge in [0.15, 0.2) is 5.78 Å². The van der Waals surface area contributed by atoms with E-state index in [9.17, 15) is 14.4 Å². The zero-order valence-electron chi connectivity index (χ0n) is 12.7. The summed E-state index contributed by atoms with van der Waals surface area (Å²) in [5.41, 5.74) is 1.76. The van der Waals surface area contributed by atoms with Crippen LogP contribution in [0.15, 0.2) is 24.3 Å². The van der Waals surface area contributed by atoms with Gasteiger partial charge in [-0.15, -0.1) is 0 Å². The normalized spacial score (nSPS) is 17.5. The zero-order chi connectivity index (χ0) is 16.1. The van der Waals surface area contributed by atoms with E-state index < -0.39 is 12.0 Å². The topological polar surface area (TPSA) is 74.7 Å². The highest BCUT2D eigenvalue weighted by molar-refractivity contribution is 5.98. The maximum Gasteiger partial charge on any atom is 0.326 e. The summed E-state index contributed by atoms with van der Waals surface area (Å²) in [6, 6.07) is 6.65. The molecule has 1 aromatic carbocycles. The number of likely N-dealkylation sites (tertiary alicyclic amines) is 1. The van der Waals surface area contributed by atoms with Gasteiger partial charge in [0.2, 0.25) is 5.91 Å². The Labute approximate surface area is 129 Å². The molecule has 0 spiro atoms. The summed E-state index contributed by atoms with van der Waals surface area (Å²) in [4.78, 5) is 36.7. The number of carboxylic acids is 1. The third-order valence-electron chi connectivity index (χ3n) is 4.11. The standard InChI is InChI=1S/C17H21NO4/c1-2-12-5-7-13(8-6-12)15(19)9-10-16(20)18-11-3-4-14(18)17(21)22/h5-8,14H,2-4,9-11H2,1H3,(H,21,22). The van der Waals surface area contributed by atoms with E-state index in [2.05, 4.69) is 0 Å². The number of aryl methyl sites for hydroxylation is 1. The molecule has 0 aromatic heterocycles. The van der Waals surface area contributed by atoms with E-state index in [1.54, 1.807) is 12.1 Å². The largest absolute Gasteiger partial charge is 0.480 e. The Morgan fingerprint density at radius 2 is 1.86 bits per heavy atom. The van der Waals surface area contributed by atoms with Crippen LogP contribution in [-0.2, 0) is 16.0 Å². The van der Waals surface area contributed by atoms with Crippen molar-refractivity contribution in [1.29, 1.82) is 0 Å². The van der Waals surface area contributed by atoms with Crippen molar-refractivity contribution in [2.45, 2.75) is 45.1 Å². The van der Waals surface area contributed by atoms with Crippen molar-refractivity contribution in [3.05, 3.63) is 35.4 Å². The van der Waals surface area contributed by atoms with Crippen molar-refractivity contribution in [2.24, 2.45) is 0 Å². The van der Waals surface area contributed by atoms with Crippen LogP contribution in [0.2, 0.25) is 0 Å². The van der Waals surface area contributed by atoms with E-state index in [4.69, 9.17) is 5.11 Å². The minimum atomic E-state index is -0.965. The van der Waals surface area contributed by atoms with Crippen LogP contribution in [-0.4, -0.2) is 40.3 Å². The van der Waals surface area contributed by atoms with Crippen molar-refractivity contribution in [1.82, 2.24) is 4.90 Å².